The van der Waals surface area contributed by atoms with Crippen LogP contribution in [0.15, 0.2) is 54.6 Å². The molecule has 4 N–H and O–H groups in total. The summed E-state index contributed by atoms with van der Waals surface area (Å²) in [5.41, 5.74) is 8.16. The van der Waals surface area contributed by atoms with E-state index in [1.165, 1.54) is 18.2 Å². The third kappa shape index (κ3) is 4.82. The van der Waals surface area contributed by atoms with Gasteiger partial charge in [0.2, 0.25) is 5.91 Å². The third-order valence-corrected chi connectivity index (χ3v) is 8.64. The van der Waals surface area contributed by atoms with Gasteiger partial charge in [0.25, 0.3) is 0 Å². The number of halogens is 2. The number of nitrogen functional groups attached to an aromatic ring is 1. The highest BCUT2D eigenvalue weighted by Gasteiger charge is 2.51. The van der Waals surface area contributed by atoms with Crippen molar-refractivity contribution in [2.24, 2.45) is 11.8 Å². The van der Waals surface area contributed by atoms with Crippen molar-refractivity contribution in [2.45, 2.75) is 44.6 Å². The molecule has 11 heteroatoms. The summed E-state index contributed by atoms with van der Waals surface area (Å²) in [7, 11) is 0. The lowest BCUT2D eigenvalue weighted by Crippen LogP contribution is -2.41. The zero-order valence-electron chi connectivity index (χ0n) is 22.3. The van der Waals surface area contributed by atoms with E-state index in [9.17, 15) is 14.0 Å². The van der Waals surface area contributed by atoms with E-state index in [2.05, 4.69) is 10.3 Å². The summed E-state index contributed by atoms with van der Waals surface area (Å²) in [6, 6.07) is 11.7. The number of aliphatic carboxylic acids is 1. The molecule has 2 aliphatic rings. The molecule has 0 bridgehead atoms. The highest BCUT2D eigenvalue weighted by molar-refractivity contribution is 6.31. The smallest absolute Gasteiger partial charge is 0.327 e. The van der Waals surface area contributed by atoms with Gasteiger partial charge in [0.1, 0.15) is 23.1 Å². The summed E-state index contributed by atoms with van der Waals surface area (Å²) in [5, 5.41) is 17.9. The molecule has 1 amide bonds. The van der Waals surface area contributed by atoms with E-state index >= 15 is 0 Å². The Labute approximate surface area is 240 Å². The average molecular weight is 575 g/mol. The van der Waals surface area contributed by atoms with Crippen molar-refractivity contribution >= 4 is 46.0 Å². The molecule has 0 radical (unpaired) electrons. The van der Waals surface area contributed by atoms with Crippen LogP contribution in [-0.2, 0) is 21.5 Å². The number of benzene rings is 2. The zero-order chi connectivity index (χ0) is 28.9. The minimum absolute atomic E-state index is 0.00317. The fraction of sp³-hybridized carbons (Fsp3) is 0.300. The molecule has 210 valence electrons. The second-order valence-corrected chi connectivity index (χ2v) is 11.4. The van der Waals surface area contributed by atoms with E-state index in [0.717, 1.165) is 42.1 Å². The van der Waals surface area contributed by atoms with Crippen LogP contribution >= 0.6 is 11.6 Å². The Kier molecular flexibility index (Phi) is 6.73. The van der Waals surface area contributed by atoms with Gasteiger partial charge in [-0.2, -0.15) is 5.10 Å². The van der Waals surface area contributed by atoms with Crippen molar-refractivity contribution in [1.29, 1.82) is 0 Å². The van der Waals surface area contributed by atoms with Crippen molar-refractivity contribution in [3.8, 4) is 11.5 Å². The van der Waals surface area contributed by atoms with Gasteiger partial charge in [0.05, 0.1) is 23.0 Å². The number of carboxylic acid groups (broad SMARTS) is 1. The maximum absolute atomic E-state index is 13.9. The molecular weight excluding hydrogens is 547 g/mol. The molecule has 1 atom stereocenters. The Hall–Kier alpha value is -4.31. The predicted molar refractivity (Wildman–Crippen MR) is 154 cm³/mol. The fourth-order valence-corrected chi connectivity index (χ4v) is 6.44. The van der Waals surface area contributed by atoms with Gasteiger partial charge < -0.3 is 16.2 Å². The number of carbonyl (C=O) groups is 2. The number of carbonyl (C=O) groups excluding carboxylic acids is 1. The van der Waals surface area contributed by atoms with Gasteiger partial charge in [-0.25, -0.2) is 19.2 Å². The lowest BCUT2D eigenvalue weighted by molar-refractivity contribution is -0.131. The standard InChI is InChI=1S/C30H28ClFN6O3/c1-30(18-8-5-16(6-9-18)7-12-23(39)40)24-26(33)34-28(35-27(24)36-29(30)41)25-21-11-10-19(31)14-22(21)38(37-25)15-17-3-2-4-20(32)13-17/h2-4,7,10-14,16,18H,5-6,8-9,15H2,1H3,(H,39,40)(H3,33,34,35,36,41)/b12-7+. The molecule has 4 aromatic rings. The van der Waals surface area contributed by atoms with Crippen molar-refractivity contribution in [3.63, 3.8) is 0 Å². The Morgan fingerprint density at radius 2 is 2.00 bits per heavy atom. The molecular formula is C30H28ClFN6O3. The Morgan fingerprint density at radius 1 is 1.22 bits per heavy atom. The number of anilines is 2. The van der Waals surface area contributed by atoms with Crippen LogP contribution in [0.2, 0.25) is 5.02 Å². The van der Waals surface area contributed by atoms with Crippen LogP contribution in [0.25, 0.3) is 22.4 Å². The van der Waals surface area contributed by atoms with Crippen molar-refractivity contribution in [2.75, 3.05) is 11.1 Å². The lowest BCUT2D eigenvalue weighted by Gasteiger charge is -2.37. The molecule has 1 aliphatic heterocycles. The minimum Gasteiger partial charge on any atom is -0.478 e. The zero-order valence-corrected chi connectivity index (χ0v) is 23.0. The van der Waals surface area contributed by atoms with Gasteiger partial charge in [-0.3, -0.25) is 9.48 Å². The molecule has 3 heterocycles. The maximum Gasteiger partial charge on any atom is 0.327 e. The fourth-order valence-electron chi connectivity index (χ4n) is 6.28. The van der Waals surface area contributed by atoms with E-state index in [1.54, 1.807) is 29.0 Å². The summed E-state index contributed by atoms with van der Waals surface area (Å²) >= 11 is 6.31. The van der Waals surface area contributed by atoms with E-state index < -0.39 is 11.4 Å². The number of aromatic nitrogens is 4. The van der Waals surface area contributed by atoms with Crippen LogP contribution in [0, 0.1) is 17.7 Å². The highest BCUT2D eigenvalue weighted by Crippen LogP contribution is 2.50. The molecule has 2 aromatic carbocycles. The summed E-state index contributed by atoms with van der Waals surface area (Å²) in [6.45, 7) is 2.19. The number of rotatable bonds is 6. The average Bonchev–Trinajstić information content (AvgIpc) is 3.42. The Balaban J connectivity index is 1.36. The molecule has 0 saturated heterocycles. The number of carboxylic acids is 1. The first kappa shape index (κ1) is 26.9. The molecule has 1 fully saturated rings. The molecule has 9 nitrogen and oxygen atoms in total. The number of fused-ring (bicyclic) bond motifs is 2. The van der Waals surface area contributed by atoms with Crippen LogP contribution in [0.3, 0.4) is 0 Å². The Morgan fingerprint density at radius 3 is 2.73 bits per heavy atom. The predicted octanol–water partition coefficient (Wildman–Crippen LogP) is 5.57. The molecule has 1 saturated carbocycles. The second kappa shape index (κ2) is 10.3. The van der Waals surface area contributed by atoms with Crippen LogP contribution < -0.4 is 11.1 Å². The van der Waals surface area contributed by atoms with Crippen LogP contribution in [0.1, 0.15) is 43.7 Å². The van der Waals surface area contributed by atoms with Gasteiger partial charge >= 0.3 is 5.97 Å². The monoisotopic (exact) mass is 574 g/mol. The number of nitrogens with one attached hydrogen (secondary N) is 1. The number of hydrogen-bond donors (Lipinski definition) is 3. The van der Waals surface area contributed by atoms with Gasteiger partial charge in [-0.05, 0) is 80.3 Å². The highest BCUT2D eigenvalue weighted by atomic mass is 35.5. The van der Waals surface area contributed by atoms with Crippen LogP contribution in [0.4, 0.5) is 16.0 Å². The van der Waals surface area contributed by atoms with E-state index in [-0.39, 0.29) is 35.2 Å². The Bertz CT molecular complexity index is 1730. The number of hydrogen-bond acceptors (Lipinski definition) is 6. The van der Waals surface area contributed by atoms with E-state index in [4.69, 9.17) is 32.5 Å². The number of allylic oxidation sites excluding steroid dienone is 1. The maximum atomic E-state index is 13.9. The van der Waals surface area contributed by atoms with Crippen molar-refractivity contribution in [3.05, 3.63) is 76.6 Å². The topological polar surface area (TPSA) is 136 Å². The summed E-state index contributed by atoms with van der Waals surface area (Å²) in [6.07, 6.45) is 5.97. The lowest BCUT2D eigenvalue weighted by atomic mass is 9.65. The summed E-state index contributed by atoms with van der Waals surface area (Å²) in [5.74, 6) is -0.467. The summed E-state index contributed by atoms with van der Waals surface area (Å²) < 4.78 is 15.6. The molecule has 1 aliphatic carbocycles. The van der Waals surface area contributed by atoms with Gasteiger partial charge in [0, 0.05) is 16.5 Å². The largest absolute Gasteiger partial charge is 0.478 e. The normalized spacial score (nSPS) is 22.3. The quantitative estimate of drug-likeness (QED) is 0.256. The van der Waals surface area contributed by atoms with Gasteiger partial charge in [-0.15, -0.1) is 0 Å². The van der Waals surface area contributed by atoms with E-state index in [1.807, 2.05) is 19.1 Å². The second-order valence-electron chi connectivity index (χ2n) is 10.9. The van der Waals surface area contributed by atoms with Gasteiger partial charge in [0.15, 0.2) is 5.82 Å². The molecule has 0 spiro atoms. The first-order valence-electron chi connectivity index (χ1n) is 13.4. The first-order chi connectivity index (χ1) is 19.6. The minimum atomic E-state index is -0.960. The molecule has 41 heavy (non-hydrogen) atoms. The van der Waals surface area contributed by atoms with E-state index in [0.29, 0.717) is 28.6 Å². The SMILES string of the molecule is CC1(C2CCC(/C=C/C(=O)O)CC2)C(=O)Nc2nc(-c3nn(Cc4cccc(F)c4)c4cc(Cl)ccc34)nc(N)c21. The van der Waals surface area contributed by atoms with Crippen LogP contribution in [-0.4, -0.2) is 36.7 Å². The number of nitrogens with zero attached hydrogens (tertiary/aromatic N) is 4. The molecule has 1 unspecified atom stereocenters. The van der Waals surface area contributed by atoms with Crippen molar-refractivity contribution in [1.82, 2.24) is 19.7 Å². The third-order valence-electron chi connectivity index (χ3n) is 8.41. The molecule has 2 aromatic heterocycles. The van der Waals surface area contributed by atoms with Crippen LogP contribution in [0.5, 0.6) is 0 Å². The number of amides is 1. The first-order valence-corrected chi connectivity index (χ1v) is 13.8. The summed E-state index contributed by atoms with van der Waals surface area (Å²) in [4.78, 5) is 33.7. The van der Waals surface area contributed by atoms with Crippen molar-refractivity contribution < 1.29 is 19.1 Å². The number of nitrogens with two attached hydrogens (primary N) is 1. The van der Waals surface area contributed by atoms with Gasteiger partial charge in [-0.1, -0.05) is 29.8 Å². The molecule has 6 rings (SSSR count).